The monoisotopic (exact) mass is 192 g/mol. The van der Waals surface area contributed by atoms with Gasteiger partial charge in [0.2, 0.25) is 0 Å². The van der Waals surface area contributed by atoms with Crippen molar-refractivity contribution in [2.24, 2.45) is 17.8 Å². The fraction of sp³-hybridized carbons (Fsp3) is 0.833. The van der Waals surface area contributed by atoms with Crippen molar-refractivity contribution in [1.82, 2.24) is 10.4 Å². The van der Waals surface area contributed by atoms with Crippen LogP contribution in [0.3, 0.4) is 0 Å². The van der Waals surface area contributed by atoms with Crippen LogP contribution in [0.15, 0.2) is 12.2 Å². The number of allylic oxidation sites excluding steroid dienone is 2. The first kappa shape index (κ1) is 8.93. The van der Waals surface area contributed by atoms with Gasteiger partial charge in [-0.2, -0.15) is 0 Å². The molecule has 0 aromatic heterocycles. The van der Waals surface area contributed by atoms with Crippen LogP contribution in [-0.4, -0.2) is 24.6 Å². The first-order valence-corrected chi connectivity index (χ1v) is 6.08. The Kier molecular flexibility index (Phi) is 2.34. The van der Waals surface area contributed by atoms with Crippen LogP contribution in [0, 0.1) is 17.8 Å². The molecule has 14 heavy (non-hydrogen) atoms. The maximum atomic E-state index is 3.47. The van der Waals surface area contributed by atoms with Crippen molar-refractivity contribution in [1.29, 1.82) is 0 Å². The second kappa shape index (κ2) is 3.67. The van der Waals surface area contributed by atoms with E-state index in [0.29, 0.717) is 0 Å². The van der Waals surface area contributed by atoms with Crippen LogP contribution in [0.1, 0.15) is 25.7 Å². The predicted octanol–water partition coefficient (Wildman–Crippen LogP) is 1.80. The van der Waals surface area contributed by atoms with Gasteiger partial charge in [0.1, 0.15) is 0 Å². The molecule has 4 aliphatic rings. The molecule has 1 saturated heterocycles. The SMILES string of the molecule is C1=CC2CCC1CC2CN1CCCN1. The molecule has 0 aromatic rings. The number of hydrogen-bond acceptors (Lipinski definition) is 2. The Morgan fingerprint density at radius 3 is 2.86 bits per heavy atom. The largest absolute Gasteiger partial charge is 0.255 e. The highest BCUT2D eigenvalue weighted by Crippen LogP contribution is 2.40. The van der Waals surface area contributed by atoms with Crippen molar-refractivity contribution in [3.05, 3.63) is 12.2 Å². The van der Waals surface area contributed by atoms with Gasteiger partial charge in [0.15, 0.2) is 0 Å². The Bertz CT molecular complexity index is 230. The van der Waals surface area contributed by atoms with Gasteiger partial charge in [0.05, 0.1) is 0 Å². The molecule has 1 heterocycles. The third-order valence-corrected chi connectivity index (χ3v) is 4.11. The van der Waals surface area contributed by atoms with Crippen molar-refractivity contribution in [2.45, 2.75) is 25.7 Å². The molecule has 78 valence electrons. The van der Waals surface area contributed by atoms with Crippen LogP contribution in [-0.2, 0) is 0 Å². The normalized spacial score (nSPS) is 42.1. The molecule has 2 bridgehead atoms. The lowest BCUT2D eigenvalue weighted by Crippen LogP contribution is -2.40. The standard InChI is InChI=1S/C12H20N2/c1-6-13-14(7-1)9-12-8-10-2-4-11(12)5-3-10/h2,4,10-13H,1,3,5-9H2. The van der Waals surface area contributed by atoms with Crippen LogP contribution in [0.4, 0.5) is 0 Å². The summed E-state index contributed by atoms with van der Waals surface area (Å²) in [6.07, 6.45) is 10.6. The Balaban J connectivity index is 1.60. The van der Waals surface area contributed by atoms with Crippen molar-refractivity contribution in [2.75, 3.05) is 19.6 Å². The molecule has 1 N–H and O–H groups in total. The summed E-state index contributed by atoms with van der Waals surface area (Å²) >= 11 is 0. The third kappa shape index (κ3) is 1.61. The topological polar surface area (TPSA) is 15.3 Å². The van der Waals surface area contributed by atoms with E-state index in [2.05, 4.69) is 22.6 Å². The van der Waals surface area contributed by atoms with Gasteiger partial charge in [-0.15, -0.1) is 0 Å². The summed E-state index contributed by atoms with van der Waals surface area (Å²) in [5.74, 6) is 2.74. The highest BCUT2D eigenvalue weighted by atomic mass is 15.5. The maximum absolute atomic E-state index is 3.47. The van der Waals surface area contributed by atoms with Gasteiger partial charge in [0.25, 0.3) is 0 Å². The summed E-state index contributed by atoms with van der Waals surface area (Å²) < 4.78 is 0. The number of fused-ring (bicyclic) bond motifs is 2. The predicted molar refractivity (Wildman–Crippen MR) is 57.7 cm³/mol. The van der Waals surface area contributed by atoms with E-state index in [0.717, 1.165) is 17.8 Å². The van der Waals surface area contributed by atoms with Gasteiger partial charge in [-0.05, 0) is 43.4 Å². The molecule has 4 rings (SSSR count). The van der Waals surface area contributed by atoms with E-state index in [1.54, 1.807) is 0 Å². The molecule has 1 aliphatic heterocycles. The van der Waals surface area contributed by atoms with Crippen molar-refractivity contribution in [3.8, 4) is 0 Å². The molecule has 3 unspecified atom stereocenters. The van der Waals surface area contributed by atoms with Gasteiger partial charge in [-0.25, -0.2) is 5.01 Å². The molecular weight excluding hydrogens is 172 g/mol. The van der Waals surface area contributed by atoms with Crippen molar-refractivity contribution < 1.29 is 0 Å². The lowest BCUT2D eigenvalue weighted by Gasteiger charge is -2.39. The molecule has 1 saturated carbocycles. The molecule has 2 nitrogen and oxygen atoms in total. The smallest absolute Gasteiger partial charge is 0.0165 e. The number of hydrogen-bond donors (Lipinski definition) is 1. The summed E-state index contributed by atoms with van der Waals surface area (Å²) in [6.45, 7) is 3.74. The Hall–Kier alpha value is -0.340. The second-order valence-electron chi connectivity index (χ2n) is 5.09. The highest BCUT2D eigenvalue weighted by molar-refractivity contribution is 5.06. The molecule has 0 amide bonds. The quantitative estimate of drug-likeness (QED) is 0.671. The van der Waals surface area contributed by atoms with E-state index in [1.807, 2.05) is 0 Å². The fourth-order valence-corrected chi connectivity index (χ4v) is 3.29. The number of hydrazine groups is 1. The summed E-state index contributed by atoms with van der Waals surface area (Å²) in [5, 5.41) is 2.44. The average Bonchev–Trinajstić information content (AvgIpc) is 2.72. The number of nitrogens with one attached hydrogen (secondary N) is 1. The van der Waals surface area contributed by atoms with E-state index in [4.69, 9.17) is 0 Å². The van der Waals surface area contributed by atoms with Gasteiger partial charge in [-0.1, -0.05) is 12.2 Å². The zero-order valence-electron chi connectivity index (χ0n) is 8.78. The molecular formula is C12H20N2. The average molecular weight is 192 g/mol. The van der Waals surface area contributed by atoms with Gasteiger partial charge < -0.3 is 0 Å². The van der Waals surface area contributed by atoms with E-state index in [1.165, 1.54) is 45.3 Å². The lowest BCUT2D eigenvalue weighted by atomic mass is 9.69. The highest BCUT2D eigenvalue weighted by Gasteiger charge is 2.33. The van der Waals surface area contributed by atoms with E-state index >= 15 is 0 Å². The third-order valence-electron chi connectivity index (χ3n) is 4.11. The Labute approximate surface area is 86.3 Å². The zero-order valence-corrected chi connectivity index (χ0v) is 8.78. The molecule has 0 aromatic carbocycles. The molecule has 3 aliphatic carbocycles. The summed E-state index contributed by atoms with van der Waals surface area (Å²) in [5.41, 5.74) is 3.47. The molecule has 0 radical (unpaired) electrons. The van der Waals surface area contributed by atoms with Crippen LogP contribution in [0.5, 0.6) is 0 Å². The van der Waals surface area contributed by atoms with Gasteiger partial charge in [0, 0.05) is 19.6 Å². The fourth-order valence-electron chi connectivity index (χ4n) is 3.29. The summed E-state index contributed by atoms with van der Waals surface area (Å²) in [4.78, 5) is 0. The Morgan fingerprint density at radius 1 is 1.29 bits per heavy atom. The molecule has 2 fully saturated rings. The Morgan fingerprint density at radius 2 is 2.29 bits per heavy atom. The molecule has 0 spiro atoms. The first-order valence-electron chi connectivity index (χ1n) is 6.08. The van der Waals surface area contributed by atoms with Gasteiger partial charge >= 0.3 is 0 Å². The maximum Gasteiger partial charge on any atom is 0.0165 e. The van der Waals surface area contributed by atoms with E-state index < -0.39 is 0 Å². The van der Waals surface area contributed by atoms with Crippen LogP contribution in [0.25, 0.3) is 0 Å². The van der Waals surface area contributed by atoms with Crippen LogP contribution in [0.2, 0.25) is 0 Å². The first-order chi connectivity index (χ1) is 6.92. The van der Waals surface area contributed by atoms with E-state index in [-0.39, 0.29) is 0 Å². The summed E-state index contributed by atoms with van der Waals surface area (Å²) in [6, 6.07) is 0. The van der Waals surface area contributed by atoms with Crippen LogP contribution < -0.4 is 5.43 Å². The minimum atomic E-state index is 0.891. The zero-order chi connectivity index (χ0) is 9.38. The van der Waals surface area contributed by atoms with E-state index in [9.17, 15) is 0 Å². The van der Waals surface area contributed by atoms with Crippen LogP contribution >= 0.6 is 0 Å². The van der Waals surface area contributed by atoms with Gasteiger partial charge in [-0.3, -0.25) is 5.43 Å². The second-order valence-corrected chi connectivity index (χ2v) is 5.09. The minimum Gasteiger partial charge on any atom is -0.255 e. The summed E-state index contributed by atoms with van der Waals surface area (Å²) in [7, 11) is 0. The van der Waals surface area contributed by atoms with Crippen molar-refractivity contribution >= 4 is 0 Å². The molecule has 2 heteroatoms. The number of rotatable bonds is 2. The minimum absolute atomic E-state index is 0.891. The lowest BCUT2D eigenvalue weighted by molar-refractivity contribution is 0.134. The van der Waals surface area contributed by atoms with Crippen molar-refractivity contribution in [3.63, 3.8) is 0 Å². The molecule has 3 atom stereocenters. The number of nitrogens with zero attached hydrogens (tertiary/aromatic N) is 1.